The molecule has 1 saturated carbocycles. The second-order valence-electron chi connectivity index (χ2n) is 6.66. The third-order valence-corrected chi connectivity index (χ3v) is 5.80. The molecule has 1 saturated heterocycles. The van der Waals surface area contributed by atoms with Crippen molar-refractivity contribution in [3.8, 4) is 0 Å². The predicted octanol–water partition coefficient (Wildman–Crippen LogP) is 3.38. The number of carbonyl (C=O) groups is 1. The van der Waals surface area contributed by atoms with Gasteiger partial charge < -0.3 is 4.90 Å². The number of piperidine rings is 1. The summed E-state index contributed by atoms with van der Waals surface area (Å²) >= 11 is 0. The van der Waals surface area contributed by atoms with Crippen LogP contribution in [0.1, 0.15) is 52.9 Å². The lowest BCUT2D eigenvalue weighted by atomic mass is 9.65. The Morgan fingerprint density at radius 2 is 1.83 bits per heavy atom. The number of allylic oxidation sites excluding steroid dienone is 2. The van der Waals surface area contributed by atoms with Crippen LogP contribution in [0.3, 0.4) is 0 Å². The minimum Gasteiger partial charge on any atom is -0.368 e. The van der Waals surface area contributed by atoms with Gasteiger partial charge in [0, 0.05) is 30.3 Å². The van der Waals surface area contributed by atoms with Gasteiger partial charge in [-0.25, -0.2) is 0 Å². The van der Waals surface area contributed by atoms with E-state index in [9.17, 15) is 4.79 Å². The van der Waals surface area contributed by atoms with Crippen molar-refractivity contribution < 1.29 is 4.79 Å². The Hall–Kier alpha value is -0.790. The van der Waals surface area contributed by atoms with E-state index in [4.69, 9.17) is 0 Å². The minimum atomic E-state index is 0.335. The summed E-state index contributed by atoms with van der Waals surface area (Å²) in [7, 11) is 0. The van der Waals surface area contributed by atoms with Gasteiger partial charge in [0.25, 0.3) is 0 Å². The molecule has 2 heteroatoms. The van der Waals surface area contributed by atoms with Gasteiger partial charge in [0.15, 0.2) is 5.78 Å². The summed E-state index contributed by atoms with van der Waals surface area (Å²) in [5.74, 6) is 2.61. The van der Waals surface area contributed by atoms with Crippen LogP contribution in [-0.4, -0.2) is 22.8 Å². The van der Waals surface area contributed by atoms with E-state index in [1.54, 1.807) is 0 Å². The van der Waals surface area contributed by atoms with E-state index in [1.807, 2.05) is 6.08 Å². The second-order valence-corrected chi connectivity index (χ2v) is 6.66. The van der Waals surface area contributed by atoms with E-state index in [-0.39, 0.29) is 0 Å². The maximum atomic E-state index is 11.8. The monoisotopic (exact) mass is 247 g/mol. The van der Waals surface area contributed by atoms with E-state index >= 15 is 0 Å². The van der Waals surface area contributed by atoms with Gasteiger partial charge in [-0.1, -0.05) is 26.7 Å². The van der Waals surface area contributed by atoms with Crippen molar-refractivity contribution in [2.75, 3.05) is 0 Å². The summed E-state index contributed by atoms with van der Waals surface area (Å²) in [6.07, 6.45) is 8.11. The average Bonchev–Trinajstić information content (AvgIpc) is 2.35. The number of hydrogen-bond donors (Lipinski definition) is 0. The van der Waals surface area contributed by atoms with Crippen molar-refractivity contribution in [3.05, 3.63) is 11.8 Å². The summed E-state index contributed by atoms with van der Waals surface area (Å²) in [5, 5.41) is 0. The summed E-state index contributed by atoms with van der Waals surface area (Å²) in [6.45, 7) is 6.92. The van der Waals surface area contributed by atoms with E-state index in [0.717, 1.165) is 18.3 Å². The zero-order chi connectivity index (χ0) is 12.9. The molecule has 3 aliphatic rings. The highest BCUT2D eigenvalue weighted by Gasteiger charge is 2.47. The Bertz CT molecular complexity index is 387. The van der Waals surface area contributed by atoms with Crippen molar-refractivity contribution in [2.45, 2.75) is 65.0 Å². The molecule has 0 bridgehead atoms. The van der Waals surface area contributed by atoms with Crippen molar-refractivity contribution in [2.24, 2.45) is 17.8 Å². The van der Waals surface area contributed by atoms with Crippen molar-refractivity contribution >= 4 is 5.78 Å². The van der Waals surface area contributed by atoms with Crippen LogP contribution in [0, 0.1) is 17.8 Å². The fraction of sp³-hybridized carbons (Fsp3) is 0.812. The van der Waals surface area contributed by atoms with E-state index in [0.29, 0.717) is 23.8 Å². The third kappa shape index (κ3) is 1.72. The van der Waals surface area contributed by atoms with Crippen LogP contribution in [-0.2, 0) is 4.79 Å². The molecule has 0 spiro atoms. The standard InChI is InChI=1S/C16H25NO/c1-10-8-13(18)9-16-12(3)11(2)14-6-4-5-7-15(14)17(10)16/h8,11-12,14-16H,4-7,9H2,1-3H3. The Morgan fingerprint density at radius 3 is 2.61 bits per heavy atom. The van der Waals surface area contributed by atoms with Gasteiger partial charge in [-0.15, -0.1) is 0 Å². The molecule has 5 atom stereocenters. The van der Waals surface area contributed by atoms with Gasteiger partial charge in [-0.3, -0.25) is 4.79 Å². The number of ketones is 1. The van der Waals surface area contributed by atoms with Gasteiger partial charge in [-0.2, -0.15) is 0 Å². The molecule has 5 unspecified atom stereocenters. The maximum absolute atomic E-state index is 11.8. The molecular weight excluding hydrogens is 222 g/mol. The first-order chi connectivity index (χ1) is 8.59. The molecule has 0 radical (unpaired) electrons. The molecule has 0 aromatic rings. The van der Waals surface area contributed by atoms with Crippen LogP contribution >= 0.6 is 0 Å². The summed E-state index contributed by atoms with van der Waals surface area (Å²) < 4.78 is 0. The van der Waals surface area contributed by atoms with Gasteiger partial charge in [0.1, 0.15) is 0 Å². The first-order valence-corrected chi connectivity index (χ1v) is 7.59. The molecule has 0 aromatic carbocycles. The van der Waals surface area contributed by atoms with Gasteiger partial charge >= 0.3 is 0 Å². The van der Waals surface area contributed by atoms with Gasteiger partial charge in [0.2, 0.25) is 0 Å². The molecule has 100 valence electrons. The Kier molecular flexibility index (Phi) is 2.99. The van der Waals surface area contributed by atoms with Crippen LogP contribution in [0.2, 0.25) is 0 Å². The minimum absolute atomic E-state index is 0.335. The predicted molar refractivity (Wildman–Crippen MR) is 73.1 cm³/mol. The lowest BCUT2D eigenvalue weighted by Crippen LogP contribution is -2.59. The normalized spacial score (nSPS) is 44.2. The number of carbonyl (C=O) groups excluding carboxylic acids is 1. The highest BCUT2D eigenvalue weighted by atomic mass is 16.1. The molecule has 2 aliphatic heterocycles. The molecule has 0 N–H and O–H groups in total. The zero-order valence-corrected chi connectivity index (χ0v) is 11.9. The summed E-state index contributed by atoms with van der Waals surface area (Å²) in [5.41, 5.74) is 1.23. The van der Waals surface area contributed by atoms with E-state index in [1.165, 1.54) is 31.4 Å². The van der Waals surface area contributed by atoms with Crippen LogP contribution in [0.4, 0.5) is 0 Å². The average molecular weight is 247 g/mol. The van der Waals surface area contributed by atoms with E-state index in [2.05, 4.69) is 25.7 Å². The van der Waals surface area contributed by atoms with Crippen LogP contribution in [0.25, 0.3) is 0 Å². The lowest BCUT2D eigenvalue weighted by Gasteiger charge is -2.57. The fourth-order valence-electron chi connectivity index (χ4n) is 4.72. The van der Waals surface area contributed by atoms with Crippen LogP contribution in [0.5, 0.6) is 0 Å². The zero-order valence-electron chi connectivity index (χ0n) is 11.9. The fourth-order valence-corrected chi connectivity index (χ4v) is 4.72. The topological polar surface area (TPSA) is 20.3 Å². The smallest absolute Gasteiger partial charge is 0.159 e. The summed E-state index contributed by atoms with van der Waals surface area (Å²) in [4.78, 5) is 14.5. The molecule has 0 amide bonds. The highest BCUT2D eigenvalue weighted by molar-refractivity contribution is 5.91. The van der Waals surface area contributed by atoms with Crippen LogP contribution < -0.4 is 0 Å². The van der Waals surface area contributed by atoms with Crippen molar-refractivity contribution in [1.82, 2.24) is 4.90 Å². The van der Waals surface area contributed by atoms with Gasteiger partial charge in [0.05, 0.1) is 0 Å². The summed E-state index contributed by atoms with van der Waals surface area (Å²) in [6, 6.07) is 1.18. The van der Waals surface area contributed by atoms with Gasteiger partial charge in [-0.05, 0) is 37.5 Å². The molecule has 3 rings (SSSR count). The van der Waals surface area contributed by atoms with E-state index < -0.39 is 0 Å². The quantitative estimate of drug-likeness (QED) is 0.654. The molecule has 2 fully saturated rings. The van der Waals surface area contributed by atoms with Crippen molar-refractivity contribution in [1.29, 1.82) is 0 Å². The van der Waals surface area contributed by atoms with Crippen molar-refractivity contribution in [3.63, 3.8) is 0 Å². The third-order valence-electron chi connectivity index (χ3n) is 5.80. The number of fused-ring (bicyclic) bond motifs is 3. The molecular formula is C16H25NO. The number of hydrogen-bond acceptors (Lipinski definition) is 2. The lowest BCUT2D eigenvalue weighted by molar-refractivity contribution is -0.120. The Morgan fingerprint density at radius 1 is 1.11 bits per heavy atom. The first-order valence-electron chi connectivity index (χ1n) is 7.59. The second kappa shape index (κ2) is 4.40. The SMILES string of the molecule is CC1=CC(=O)CC2C(C)C(C)C3CCCCC3N12. The Balaban J connectivity index is 1.97. The molecule has 18 heavy (non-hydrogen) atoms. The largest absolute Gasteiger partial charge is 0.368 e. The molecule has 0 aromatic heterocycles. The molecule has 2 heterocycles. The maximum Gasteiger partial charge on any atom is 0.159 e. The number of rotatable bonds is 0. The highest BCUT2D eigenvalue weighted by Crippen LogP contribution is 2.47. The molecule has 2 nitrogen and oxygen atoms in total. The number of nitrogens with zero attached hydrogens (tertiary/aromatic N) is 1. The Labute approximate surface area is 110 Å². The van der Waals surface area contributed by atoms with Crippen LogP contribution in [0.15, 0.2) is 11.8 Å². The first kappa shape index (κ1) is 12.3. The molecule has 1 aliphatic carbocycles.